The minimum atomic E-state index is -2.26. The molecule has 0 saturated carbocycles. The SMILES string of the molecule is N=C(OC1O[C@H](COCOCc2ccccc2)[C@@H](OCc2ccccc2)[C@H](OCc2ccccc2)[C@H]1NC(=O)OCC(Cl)(Cl)Cl)C(Cl)(Cl)Cl. The lowest BCUT2D eigenvalue weighted by molar-refractivity contribution is -0.276. The third kappa shape index (κ3) is 13.9. The summed E-state index contributed by atoms with van der Waals surface area (Å²) >= 11 is 35.3. The Kier molecular flexibility index (Phi) is 15.8. The number of nitrogens with one attached hydrogen (secondary N) is 2. The van der Waals surface area contributed by atoms with Gasteiger partial charge in [0.15, 0.2) is 0 Å². The lowest BCUT2D eigenvalue weighted by Crippen LogP contribution is -2.66. The van der Waals surface area contributed by atoms with Gasteiger partial charge in [0.2, 0.25) is 16.0 Å². The van der Waals surface area contributed by atoms with Crippen LogP contribution in [-0.2, 0) is 53.0 Å². The smallest absolute Gasteiger partial charge is 0.407 e. The van der Waals surface area contributed by atoms with Crippen molar-refractivity contribution < 1.29 is 38.0 Å². The van der Waals surface area contributed by atoms with Gasteiger partial charge in [-0.3, -0.25) is 5.41 Å². The molecule has 0 aliphatic carbocycles. The molecule has 1 aliphatic rings. The average Bonchev–Trinajstić information content (AvgIpc) is 3.07. The molecule has 10 nitrogen and oxygen atoms in total. The summed E-state index contributed by atoms with van der Waals surface area (Å²) in [6.45, 7) is -0.199. The van der Waals surface area contributed by atoms with Crippen molar-refractivity contribution in [3.8, 4) is 0 Å². The third-order valence-electron chi connectivity index (χ3n) is 6.92. The average molecular weight is 799 g/mol. The van der Waals surface area contributed by atoms with Crippen LogP contribution in [0.2, 0.25) is 0 Å². The first-order valence-electron chi connectivity index (χ1n) is 14.9. The Morgan fingerprint density at radius 3 is 1.76 bits per heavy atom. The quantitative estimate of drug-likeness (QED) is 0.0524. The zero-order valence-electron chi connectivity index (χ0n) is 25.8. The van der Waals surface area contributed by atoms with Crippen LogP contribution in [0.25, 0.3) is 0 Å². The van der Waals surface area contributed by atoms with E-state index < -0.39 is 56.8 Å². The first-order chi connectivity index (χ1) is 23.4. The zero-order valence-corrected chi connectivity index (χ0v) is 30.4. The first kappa shape index (κ1) is 39.7. The molecule has 5 atom stereocenters. The van der Waals surface area contributed by atoms with Gasteiger partial charge in [-0.05, 0) is 16.7 Å². The minimum absolute atomic E-state index is 0.0785. The number of carbonyl (C=O) groups excluding carboxylic acids is 1. The fraction of sp³-hybridized carbons (Fsp3) is 0.394. The molecule has 4 rings (SSSR count). The van der Waals surface area contributed by atoms with E-state index in [1.165, 1.54) is 0 Å². The van der Waals surface area contributed by atoms with Crippen molar-refractivity contribution >= 4 is 81.6 Å². The Balaban J connectivity index is 1.62. The van der Waals surface area contributed by atoms with E-state index in [0.717, 1.165) is 16.7 Å². The molecule has 1 heterocycles. The largest absolute Gasteiger partial charge is 0.446 e. The van der Waals surface area contributed by atoms with Gasteiger partial charge in [0.25, 0.3) is 3.79 Å². The molecule has 0 spiro atoms. The van der Waals surface area contributed by atoms with Crippen LogP contribution in [-0.4, -0.2) is 70.2 Å². The Hall–Kier alpha value is -2.06. The summed E-state index contributed by atoms with van der Waals surface area (Å²) in [6.07, 6.45) is -5.32. The predicted molar refractivity (Wildman–Crippen MR) is 188 cm³/mol. The number of alkyl halides is 6. The number of ether oxygens (including phenoxy) is 7. The summed E-state index contributed by atoms with van der Waals surface area (Å²) in [5.41, 5.74) is 2.65. The zero-order chi connectivity index (χ0) is 35.3. The molecule has 1 aliphatic heterocycles. The minimum Gasteiger partial charge on any atom is -0.446 e. The Morgan fingerprint density at radius 1 is 0.735 bits per heavy atom. The van der Waals surface area contributed by atoms with Crippen molar-refractivity contribution in [3.05, 3.63) is 108 Å². The standard InChI is InChI=1S/C33H34Cl6N2O8/c34-32(35,36)20-47-31(42)41-26-28(46-18-24-14-8-3-9-15-24)27(45-17-23-12-6-2-7-13-23)25(48-29(26)49-30(40)33(37,38)39)19-44-21-43-16-22-10-4-1-5-11-22/h1-15,25-29,40H,16-21H2,(H,41,42)/t25-,26-,27-,28-,29?/m1/s1. The molecule has 1 fully saturated rings. The van der Waals surface area contributed by atoms with Crippen LogP contribution in [0.5, 0.6) is 0 Å². The van der Waals surface area contributed by atoms with Crippen LogP contribution >= 0.6 is 69.6 Å². The molecule has 0 bridgehead atoms. The molecule has 1 saturated heterocycles. The Bertz CT molecular complexity index is 1430. The molecule has 2 N–H and O–H groups in total. The maximum absolute atomic E-state index is 13.0. The van der Waals surface area contributed by atoms with Crippen molar-refractivity contribution in [2.45, 2.75) is 58.0 Å². The molecule has 3 aromatic rings. The third-order valence-corrected chi connectivity index (χ3v) is 7.76. The maximum Gasteiger partial charge on any atom is 0.407 e. The van der Waals surface area contributed by atoms with Gasteiger partial charge in [-0.15, -0.1) is 0 Å². The number of halogens is 6. The van der Waals surface area contributed by atoms with Crippen molar-refractivity contribution in [3.63, 3.8) is 0 Å². The van der Waals surface area contributed by atoms with Crippen LogP contribution in [0.1, 0.15) is 16.7 Å². The fourth-order valence-electron chi connectivity index (χ4n) is 4.69. The van der Waals surface area contributed by atoms with E-state index >= 15 is 0 Å². The van der Waals surface area contributed by atoms with Crippen molar-refractivity contribution in [2.75, 3.05) is 20.0 Å². The highest BCUT2D eigenvalue weighted by Crippen LogP contribution is 2.33. The van der Waals surface area contributed by atoms with Gasteiger partial charge >= 0.3 is 6.09 Å². The highest BCUT2D eigenvalue weighted by Gasteiger charge is 2.51. The highest BCUT2D eigenvalue weighted by molar-refractivity contribution is 6.76. The topological polar surface area (TPSA) is 118 Å². The summed E-state index contributed by atoms with van der Waals surface area (Å²) in [5.74, 6) is -0.778. The summed E-state index contributed by atoms with van der Waals surface area (Å²) < 4.78 is 37.5. The van der Waals surface area contributed by atoms with Gasteiger partial charge in [-0.1, -0.05) is 161 Å². The van der Waals surface area contributed by atoms with E-state index in [9.17, 15) is 4.79 Å². The number of rotatable bonds is 15. The van der Waals surface area contributed by atoms with Gasteiger partial charge in [0.05, 0.1) is 26.4 Å². The van der Waals surface area contributed by atoms with Gasteiger partial charge in [-0.25, -0.2) is 4.79 Å². The molecule has 1 unspecified atom stereocenters. The lowest BCUT2D eigenvalue weighted by Gasteiger charge is -2.46. The van der Waals surface area contributed by atoms with Crippen molar-refractivity contribution in [1.29, 1.82) is 5.41 Å². The summed E-state index contributed by atoms with van der Waals surface area (Å²) in [4.78, 5) is 13.0. The van der Waals surface area contributed by atoms with Crippen molar-refractivity contribution in [2.24, 2.45) is 0 Å². The number of carbonyl (C=O) groups is 1. The summed E-state index contributed by atoms with van der Waals surface area (Å²) in [6, 6.07) is 27.1. The van der Waals surface area contributed by atoms with Crippen LogP contribution < -0.4 is 5.32 Å². The van der Waals surface area contributed by atoms with Crippen LogP contribution in [0.3, 0.4) is 0 Å². The summed E-state index contributed by atoms with van der Waals surface area (Å²) in [5, 5.41) is 10.9. The normalized spacial score (nSPS) is 21.1. The molecule has 0 radical (unpaired) electrons. The molecular formula is C33H34Cl6N2O8. The molecule has 0 aromatic heterocycles. The number of amides is 1. The molecule has 3 aromatic carbocycles. The molecule has 1 amide bonds. The lowest BCUT2D eigenvalue weighted by atomic mass is 9.96. The number of benzene rings is 3. The highest BCUT2D eigenvalue weighted by atomic mass is 35.6. The maximum atomic E-state index is 13.0. The second kappa shape index (κ2) is 19.5. The number of hydrogen-bond donors (Lipinski definition) is 2. The van der Waals surface area contributed by atoms with Crippen LogP contribution in [0.15, 0.2) is 91.0 Å². The Morgan fingerprint density at radius 2 is 1.24 bits per heavy atom. The molecule has 16 heteroatoms. The Labute approximate surface area is 314 Å². The van der Waals surface area contributed by atoms with E-state index in [4.69, 9.17) is 108 Å². The monoisotopic (exact) mass is 796 g/mol. The molecular weight excluding hydrogens is 765 g/mol. The number of hydrogen-bond acceptors (Lipinski definition) is 9. The predicted octanol–water partition coefficient (Wildman–Crippen LogP) is 7.90. The summed E-state index contributed by atoms with van der Waals surface area (Å²) in [7, 11) is 0. The van der Waals surface area contributed by atoms with E-state index in [2.05, 4.69) is 5.32 Å². The van der Waals surface area contributed by atoms with Gasteiger partial charge in [-0.2, -0.15) is 0 Å². The number of alkyl carbamates (subject to hydrolysis) is 1. The van der Waals surface area contributed by atoms with Crippen LogP contribution in [0, 0.1) is 5.41 Å². The fourth-order valence-corrected chi connectivity index (χ4v) is 4.99. The molecule has 266 valence electrons. The second-order valence-electron chi connectivity index (χ2n) is 10.7. The van der Waals surface area contributed by atoms with E-state index in [0.29, 0.717) is 6.61 Å². The van der Waals surface area contributed by atoms with E-state index in [1.54, 1.807) is 0 Å². The van der Waals surface area contributed by atoms with Gasteiger partial charge in [0.1, 0.15) is 37.8 Å². The second-order valence-corrected chi connectivity index (χ2v) is 15.5. The first-order valence-corrected chi connectivity index (χ1v) is 17.1. The van der Waals surface area contributed by atoms with Crippen molar-refractivity contribution in [1.82, 2.24) is 5.32 Å². The van der Waals surface area contributed by atoms with E-state index in [-0.39, 0.29) is 26.6 Å². The molecule has 49 heavy (non-hydrogen) atoms. The van der Waals surface area contributed by atoms with E-state index in [1.807, 2.05) is 91.0 Å². The van der Waals surface area contributed by atoms with Gasteiger partial charge < -0.3 is 38.5 Å². The van der Waals surface area contributed by atoms with Crippen LogP contribution in [0.4, 0.5) is 4.79 Å². The van der Waals surface area contributed by atoms with Gasteiger partial charge in [0, 0.05) is 0 Å².